The molecule has 0 saturated carbocycles. The average molecular weight is 522 g/mol. The van der Waals surface area contributed by atoms with Crippen LogP contribution < -0.4 is 21.3 Å². The molecule has 0 unspecified atom stereocenters. The molecule has 1 aromatic heterocycles. The highest BCUT2D eigenvalue weighted by Crippen LogP contribution is 2.24. The molecule has 1 aliphatic heterocycles. The van der Waals surface area contributed by atoms with Gasteiger partial charge in [-0.3, -0.25) is 9.79 Å². The van der Waals surface area contributed by atoms with Gasteiger partial charge in [-0.2, -0.15) is 0 Å². The van der Waals surface area contributed by atoms with Crippen molar-refractivity contribution in [3.05, 3.63) is 59.8 Å². The van der Waals surface area contributed by atoms with Crippen LogP contribution in [0.25, 0.3) is 0 Å². The number of pyridine rings is 1. The van der Waals surface area contributed by atoms with Crippen molar-refractivity contribution in [1.82, 2.24) is 15.6 Å². The highest BCUT2D eigenvalue weighted by molar-refractivity contribution is 14.0. The number of rotatable bonds is 7. The van der Waals surface area contributed by atoms with Crippen LogP contribution >= 0.6 is 24.0 Å². The van der Waals surface area contributed by atoms with Crippen molar-refractivity contribution >= 4 is 41.7 Å². The van der Waals surface area contributed by atoms with Crippen LogP contribution in [0.2, 0.25) is 0 Å². The lowest BCUT2D eigenvalue weighted by Gasteiger charge is -2.32. The lowest BCUT2D eigenvalue weighted by Crippen LogP contribution is -2.40. The van der Waals surface area contributed by atoms with E-state index in [0.29, 0.717) is 6.54 Å². The number of aliphatic imine (C=N–C) groups is 1. The van der Waals surface area contributed by atoms with Crippen molar-refractivity contribution in [3.63, 3.8) is 0 Å². The maximum absolute atomic E-state index is 11.4. The molecule has 30 heavy (non-hydrogen) atoms. The maximum atomic E-state index is 11.4. The summed E-state index contributed by atoms with van der Waals surface area (Å²) in [6, 6.07) is 14.4. The zero-order valence-electron chi connectivity index (χ0n) is 17.4. The van der Waals surface area contributed by atoms with Gasteiger partial charge in [-0.15, -0.1) is 24.0 Å². The summed E-state index contributed by atoms with van der Waals surface area (Å²) in [5.74, 6) is 1.51. The second-order valence-corrected chi connectivity index (χ2v) is 7.24. The minimum absolute atomic E-state index is 0. The smallest absolute Gasteiger partial charge is 0.220 e. The first-order chi connectivity index (χ1) is 14.2. The van der Waals surface area contributed by atoms with E-state index >= 15 is 0 Å². The third-order valence-corrected chi connectivity index (χ3v) is 5.28. The summed E-state index contributed by atoms with van der Waals surface area (Å²) >= 11 is 0. The molecule has 1 amide bonds. The minimum atomic E-state index is -0.196. The first-order valence-electron chi connectivity index (χ1n) is 10.1. The topological polar surface area (TPSA) is 95.6 Å². The van der Waals surface area contributed by atoms with Crippen LogP contribution in [-0.2, 0) is 17.8 Å². The molecule has 8 heteroatoms. The molecule has 1 fully saturated rings. The SMILES string of the molecule is CN=C(NCCc1ccccc1)NCc1cccnc1N1CCC(C(N)=O)CC1.I. The molecular weight excluding hydrogens is 491 g/mol. The summed E-state index contributed by atoms with van der Waals surface area (Å²) in [7, 11) is 1.77. The number of anilines is 1. The Morgan fingerprint density at radius 1 is 1.17 bits per heavy atom. The zero-order valence-corrected chi connectivity index (χ0v) is 19.7. The fourth-order valence-corrected chi connectivity index (χ4v) is 3.60. The van der Waals surface area contributed by atoms with Crippen LogP contribution in [0.3, 0.4) is 0 Å². The van der Waals surface area contributed by atoms with Crippen LogP contribution in [0.15, 0.2) is 53.7 Å². The van der Waals surface area contributed by atoms with Crippen molar-refractivity contribution in [1.29, 1.82) is 0 Å². The summed E-state index contributed by atoms with van der Waals surface area (Å²) in [5.41, 5.74) is 7.85. The summed E-state index contributed by atoms with van der Waals surface area (Å²) in [5, 5.41) is 6.74. The Hall–Kier alpha value is -2.36. The number of amides is 1. The second kappa shape index (κ2) is 12.4. The van der Waals surface area contributed by atoms with Crippen LogP contribution in [0.4, 0.5) is 5.82 Å². The zero-order chi connectivity index (χ0) is 20.5. The van der Waals surface area contributed by atoms with E-state index in [1.165, 1.54) is 5.56 Å². The molecular formula is C22H31IN6O. The summed E-state index contributed by atoms with van der Waals surface area (Å²) in [6.45, 7) is 3.03. The van der Waals surface area contributed by atoms with Gasteiger partial charge < -0.3 is 21.3 Å². The fourth-order valence-electron chi connectivity index (χ4n) is 3.60. The number of hydrogen-bond donors (Lipinski definition) is 3. The second-order valence-electron chi connectivity index (χ2n) is 7.24. The molecule has 1 aromatic carbocycles. The van der Waals surface area contributed by atoms with E-state index in [-0.39, 0.29) is 35.8 Å². The van der Waals surface area contributed by atoms with Crippen molar-refractivity contribution in [2.45, 2.75) is 25.8 Å². The number of benzene rings is 1. The maximum Gasteiger partial charge on any atom is 0.220 e. The number of carbonyl (C=O) groups excluding carboxylic acids is 1. The quantitative estimate of drug-likeness (QED) is 0.295. The molecule has 1 saturated heterocycles. The molecule has 162 valence electrons. The van der Waals surface area contributed by atoms with Crippen molar-refractivity contribution < 1.29 is 4.79 Å². The fraction of sp³-hybridized carbons (Fsp3) is 0.409. The highest BCUT2D eigenvalue weighted by Gasteiger charge is 2.24. The van der Waals surface area contributed by atoms with E-state index in [2.05, 4.69) is 55.8 Å². The predicted octanol–water partition coefficient (Wildman–Crippen LogP) is 2.31. The minimum Gasteiger partial charge on any atom is -0.369 e. The molecule has 2 aromatic rings. The van der Waals surface area contributed by atoms with Crippen molar-refractivity contribution in [2.24, 2.45) is 16.6 Å². The Kier molecular flexibility index (Phi) is 9.85. The number of nitrogens with one attached hydrogen (secondary N) is 2. The molecule has 0 atom stereocenters. The van der Waals surface area contributed by atoms with Crippen LogP contribution in [0, 0.1) is 5.92 Å². The van der Waals surface area contributed by atoms with Gasteiger partial charge in [0.25, 0.3) is 0 Å². The van der Waals surface area contributed by atoms with E-state index < -0.39 is 0 Å². The van der Waals surface area contributed by atoms with Crippen molar-refractivity contribution in [3.8, 4) is 0 Å². The number of primary amides is 1. The normalized spacial score (nSPS) is 14.7. The van der Waals surface area contributed by atoms with Gasteiger partial charge in [0.2, 0.25) is 5.91 Å². The Morgan fingerprint density at radius 3 is 2.57 bits per heavy atom. The van der Waals surface area contributed by atoms with E-state index in [1.807, 2.05) is 18.3 Å². The standard InChI is InChI=1S/C22H30N6O.HI/c1-24-22(26-13-9-17-6-3-2-4-7-17)27-16-19-8-5-12-25-21(19)28-14-10-18(11-15-28)20(23)29;/h2-8,12,18H,9-11,13-16H2,1H3,(H2,23,29)(H2,24,26,27);1H. The Balaban J connectivity index is 0.00000320. The third-order valence-electron chi connectivity index (χ3n) is 5.28. The lowest BCUT2D eigenvalue weighted by molar-refractivity contribution is -0.122. The number of carbonyl (C=O) groups is 1. The number of guanidine groups is 1. The van der Waals surface area contributed by atoms with Gasteiger partial charge in [0.05, 0.1) is 0 Å². The molecule has 4 N–H and O–H groups in total. The Labute approximate surface area is 195 Å². The number of nitrogens with zero attached hydrogens (tertiary/aromatic N) is 3. The van der Waals surface area contributed by atoms with Gasteiger partial charge in [0.1, 0.15) is 5.82 Å². The first kappa shape index (κ1) is 23.9. The molecule has 7 nitrogen and oxygen atoms in total. The average Bonchev–Trinajstić information content (AvgIpc) is 2.77. The van der Waals surface area contributed by atoms with Crippen LogP contribution in [0.5, 0.6) is 0 Å². The lowest BCUT2D eigenvalue weighted by atomic mass is 9.96. The molecule has 0 spiro atoms. The monoisotopic (exact) mass is 522 g/mol. The first-order valence-corrected chi connectivity index (χ1v) is 10.1. The number of halogens is 1. The van der Waals surface area contributed by atoms with E-state index in [4.69, 9.17) is 5.73 Å². The Morgan fingerprint density at radius 2 is 1.90 bits per heavy atom. The van der Waals surface area contributed by atoms with E-state index in [9.17, 15) is 4.79 Å². The van der Waals surface area contributed by atoms with Gasteiger partial charge >= 0.3 is 0 Å². The predicted molar refractivity (Wildman–Crippen MR) is 132 cm³/mol. The summed E-state index contributed by atoms with van der Waals surface area (Å²) in [4.78, 5) is 22.6. The van der Waals surface area contributed by atoms with Gasteiger partial charge in [0, 0.05) is 50.9 Å². The van der Waals surface area contributed by atoms with Gasteiger partial charge in [0.15, 0.2) is 5.96 Å². The number of nitrogens with two attached hydrogens (primary N) is 1. The van der Waals surface area contributed by atoms with Gasteiger partial charge in [-0.05, 0) is 30.9 Å². The summed E-state index contributed by atoms with van der Waals surface area (Å²) < 4.78 is 0. The molecule has 2 heterocycles. The van der Waals surface area contributed by atoms with Gasteiger partial charge in [-0.25, -0.2) is 4.98 Å². The molecule has 1 aliphatic rings. The molecule has 0 aliphatic carbocycles. The van der Waals surface area contributed by atoms with E-state index in [1.54, 1.807) is 7.05 Å². The molecule has 3 rings (SSSR count). The van der Waals surface area contributed by atoms with Crippen LogP contribution in [-0.4, -0.2) is 43.5 Å². The number of aromatic nitrogens is 1. The van der Waals surface area contributed by atoms with Crippen LogP contribution in [0.1, 0.15) is 24.0 Å². The molecule has 0 bridgehead atoms. The Bertz CT molecular complexity index is 821. The van der Waals surface area contributed by atoms with E-state index in [0.717, 1.165) is 56.2 Å². The summed E-state index contributed by atoms with van der Waals surface area (Å²) in [6.07, 6.45) is 4.31. The van der Waals surface area contributed by atoms with Gasteiger partial charge in [-0.1, -0.05) is 36.4 Å². The van der Waals surface area contributed by atoms with Crippen molar-refractivity contribution in [2.75, 3.05) is 31.6 Å². The highest BCUT2D eigenvalue weighted by atomic mass is 127. The molecule has 0 radical (unpaired) electrons. The third kappa shape index (κ3) is 6.86. The number of piperidine rings is 1. The number of hydrogen-bond acceptors (Lipinski definition) is 4. The largest absolute Gasteiger partial charge is 0.369 e.